The minimum Gasteiger partial charge on any atom is -0.495 e. The van der Waals surface area contributed by atoms with Crippen LogP contribution in [0.25, 0.3) is 0 Å². The predicted octanol–water partition coefficient (Wildman–Crippen LogP) is 2.94. The van der Waals surface area contributed by atoms with E-state index < -0.39 is 29.1 Å². The molecule has 7 heteroatoms. The summed E-state index contributed by atoms with van der Waals surface area (Å²) in [6.45, 7) is 0. The number of hydrogen-bond acceptors (Lipinski definition) is 3. The smallest absolute Gasteiger partial charge is 0.326 e. The van der Waals surface area contributed by atoms with Crippen molar-refractivity contribution >= 4 is 17.6 Å². The van der Waals surface area contributed by atoms with E-state index in [2.05, 4.69) is 5.32 Å². The van der Waals surface area contributed by atoms with Gasteiger partial charge >= 0.3 is 6.03 Å². The summed E-state index contributed by atoms with van der Waals surface area (Å²) in [4.78, 5) is 23.5. The number of hydrogen-bond donors (Lipinski definition) is 2. The van der Waals surface area contributed by atoms with Gasteiger partial charge in [0.25, 0.3) is 5.91 Å². The van der Waals surface area contributed by atoms with Crippen LogP contribution in [-0.2, 0) is 0 Å². The molecule has 0 aliphatic rings. The first-order valence-electron chi connectivity index (χ1n) is 6.22. The monoisotopic (exact) mass is 306 g/mol. The summed E-state index contributed by atoms with van der Waals surface area (Å²) < 4.78 is 31.9. The SMILES string of the molecule is COc1ccccc1NC(=O)NC(=O)c1c(F)cccc1F. The lowest BCUT2D eigenvalue weighted by atomic mass is 10.2. The van der Waals surface area contributed by atoms with Gasteiger partial charge in [-0.05, 0) is 24.3 Å². The number of benzene rings is 2. The molecule has 2 aromatic carbocycles. The van der Waals surface area contributed by atoms with Crippen molar-refractivity contribution in [1.29, 1.82) is 0 Å². The number of rotatable bonds is 3. The van der Waals surface area contributed by atoms with Crippen LogP contribution in [0.4, 0.5) is 19.3 Å². The summed E-state index contributed by atoms with van der Waals surface area (Å²) in [5.41, 5.74) is -0.512. The van der Waals surface area contributed by atoms with Gasteiger partial charge in [-0.3, -0.25) is 10.1 Å². The van der Waals surface area contributed by atoms with Crippen LogP contribution in [0.1, 0.15) is 10.4 Å². The quantitative estimate of drug-likeness (QED) is 0.916. The van der Waals surface area contributed by atoms with Crippen molar-refractivity contribution in [2.24, 2.45) is 0 Å². The number of ether oxygens (including phenoxy) is 1. The molecule has 0 bridgehead atoms. The molecule has 2 rings (SSSR count). The zero-order chi connectivity index (χ0) is 16.1. The van der Waals surface area contributed by atoms with Crippen molar-refractivity contribution < 1.29 is 23.1 Å². The van der Waals surface area contributed by atoms with Crippen LogP contribution in [0.15, 0.2) is 42.5 Å². The van der Waals surface area contributed by atoms with E-state index in [1.807, 2.05) is 5.32 Å². The van der Waals surface area contributed by atoms with E-state index in [1.54, 1.807) is 24.3 Å². The number of methoxy groups -OCH3 is 1. The predicted molar refractivity (Wildman–Crippen MR) is 75.8 cm³/mol. The van der Waals surface area contributed by atoms with Gasteiger partial charge in [-0.15, -0.1) is 0 Å². The minimum absolute atomic E-state index is 0.310. The molecule has 0 radical (unpaired) electrons. The van der Waals surface area contributed by atoms with Gasteiger partial charge in [0.15, 0.2) is 0 Å². The molecule has 114 valence electrons. The molecule has 2 N–H and O–H groups in total. The van der Waals surface area contributed by atoms with Crippen LogP contribution in [0.5, 0.6) is 5.75 Å². The first-order valence-corrected chi connectivity index (χ1v) is 6.22. The Hall–Kier alpha value is -2.96. The number of nitrogens with one attached hydrogen (secondary N) is 2. The Kier molecular flexibility index (Phi) is 4.67. The lowest BCUT2D eigenvalue weighted by Crippen LogP contribution is -2.35. The molecule has 0 aliphatic heterocycles. The van der Waals surface area contributed by atoms with Crippen molar-refractivity contribution in [3.63, 3.8) is 0 Å². The highest BCUT2D eigenvalue weighted by Crippen LogP contribution is 2.22. The second kappa shape index (κ2) is 6.66. The van der Waals surface area contributed by atoms with Crippen LogP contribution in [0, 0.1) is 11.6 Å². The van der Waals surface area contributed by atoms with Gasteiger partial charge < -0.3 is 10.1 Å². The molecule has 0 saturated carbocycles. The maximum absolute atomic E-state index is 13.4. The van der Waals surface area contributed by atoms with Gasteiger partial charge in [0.2, 0.25) is 0 Å². The largest absolute Gasteiger partial charge is 0.495 e. The molecule has 0 aliphatic carbocycles. The molecule has 22 heavy (non-hydrogen) atoms. The topological polar surface area (TPSA) is 67.4 Å². The highest BCUT2D eigenvalue weighted by molar-refractivity contribution is 6.08. The van der Waals surface area contributed by atoms with Crippen LogP contribution in [-0.4, -0.2) is 19.0 Å². The molecule has 2 aromatic rings. The third-order valence-electron chi connectivity index (χ3n) is 2.77. The van der Waals surface area contributed by atoms with E-state index >= 15 is 0 Å². The summed E-state index contributed by atoms with van der Waals surface area (Å²) in [5.74, 6) is -2.91. The Morgan fingerprint density at radius 2 is 1.64 bits per heavy atom. The molecule has 0 atom stereocenters. The Morgan fingerprint density at radius 1 is 1.00 bits per heavy atom. The van der Waals surface area contributed by atoms with Gasteiger partial charge in [0, 0.05) is 0 Å². The van der Waals surface area contributed by atoms with Gasteiger partial charge in [-0.25, -0.2) is 13.6 Å². The fourth-order valence-electron chi connectivity index (χ4n) is 1.78. The maximum atomic E-state index is 13.4. The van der Waals surface area contributed by atoms with E-state index in [0.29, 0.717) is 11.4 Å². The average molecular weight is 306 g/mol. The van der Waals surface area contributed by atoms with Crippen LogP contribution < -0.4 is 15.4 Å². The fourth-order valence-corrected chi connectivity index (χ4v) is 1.78. The molecular formula is C15H12F2N2O3. The molecule has 0 spiro atoms. The standard InChI is InChI=1S/C15H12F2N2O3/c1-22-12-8-3-2-7-11(12)18-15(21)19-14(20)13-9(16)5-4-6-10(13)17/h2-8H,1H3,(H2,18,19,20,21). The van der Waals surface area contributed by atoms with Crippen molar-refractivity contribution in [3.8, 4) is 5.75 Å². The molecule has 3 amide bonds. The normalized spacial score (nSPS) is 9.95. The average Bonchev–Trinajstić information content (AvgIpc) is 2.47. The van der Waals surface area contributed by atoms with Gasteiger partial charge in [-0.2, -0.15) is 0 Å². The Bertz CT molecular complexity index is 699. The number of amides is 3. The third kappa shape index (κ3) is 3.38. The van der Waals surface area contributed by atoms with Gasteiger partial charge in [0.1, 0.15) is 22.9 Å². The summed E-state index contributed by atoms with van der Waals surface area (Å²) >= 11 is 0. The molecule has 0 unspecified atom stereocenters. The third-order valence-corrected chi connectivity index (χ3v) is 2.77. The minimum atomic E-state index is -1.18. The molecule has 0 saturated heterocycles. The van der Waals surface area contributed by atoms with Crippen molar-refractivity contribution in [1.82, 2.24) is 5.32 Å². The van der Waals surface area contributed by atoms with Crippen molar-refractivity contribution in [2.75, 3.05) is 12.4 Å². The Balaban J connectivity index is 2.11. The zero-order valence-electron chi connectivity index (χ0n) is 11.5. The number of imide groups is 1. The molecular weight excluding hydrogens is 294 g/mol. The Labute approximate surface area is 124 Å². The zero-order valence-corrected chi connectivity index (χ0v) is 11.5. The van der Waals surface area contributed by atoms with E-state index in [9.17, 15) is 18.4 Å². The second-order valence-corrected chi connectivity index (χ2v) is 4.21. The Morgan fingerprint density at radius 3 is 2.27 bits per heavy atom. The molecule has 5 nitrogen and oxygen atoms in total. The van der Waals surface area contributed by atoms with E-state index in [-0.39, 0.29) is 0 Å². The van der Waals surface area contributed by atoms with Gasteiger partial charge in [0.05, 0.1) is 12.8 Å². The first-order chi connectivity index (χ1) is 10.5. The van der Waals surface area contributed by atoms with Gasteiger partial charge in [-0.1, -0.05) is 18.2 Å². The second-order valence-electron chi connectivity index (χ2n) is 4.21. The van der Waals surface area contributed by atoms with Crippen LogP contribution >= 0.6 is 0 Å². The van der Waals surface area contributed by atoms with Crippen molar-refractivity contribution in [2.45, 2.75) is 0 Å². The number of para-hydroxylation sites is 2. The summed E-state index contributed by atoms with van der Waals surface area (Å²) in [6, 6.07) is 8.54. The number of halogens is 2. The van der Waals surface area contributed by atoms with Crippen LogP contribution in [0.2, 0.25) is 0 Å². The number of carbonyl (C=O) groups excluding carboxylic acids is 2. The van der Waals surface area contributed by atoms with Crippen molar-refractivity contribution in [3.05, 3.63) is 59.7 Å². The number of carbonyl (C=O) groups is 2. The fraction of sp³-hybridized carbons (Fsp3) is 0.0667. The lowest BCUT2D eigenvalue weighted by molar-refractivity contribution is 0.0959. The summed E-state index contributed by atoms with van der Waals surface area (Å²) in [7, 11) is 1.41. The molecule has 0 heterocycles. The maximum Gasteiger partial charge on any atom is 0.326 e. The van der Waals surface area contributed by atoms with Crippen LogP contribution in [0.3, 0.4) is 0 Å². The van der Waals surface area contributed by atoms with E-state index in [1.165, 1.54) is 7.11 Å². The number of anilines is 1. The number of urea groups is 1. The first kappa shape index (κ1) is 15.4. The molecule has 0 aromatic heterocycles. The highest BCUT2D eigenvalue weighted by Gasteiger charge is 2.19. The highest BCUT2D eigenvalue weighted by atomic mass is 19.1. The lowest BCUT2D eigenvalue weighted by Gasteiger charge is -2.10. The summed E-state index contributed by atoms with van der Waals surface area (Å²) in [6.07, 6.45) is 0. The summed E-state index contributed by atoms with van der Waals surface area (Å²) in [5, 5.41) is 4.21. The van der Waals surface area contributed by atoms with E-state index in [0.717, 1.165) is 18.2 Å². The van der Waals surface area contributed by atoms with E-state index in [4.69, 9.17) is 4.74 Å². The molecule has 0 fully saturated rings.